The van der Waals surface area contributed by atoms with E-state index in [-0.39, 0.29) is 77.2 Å². The summed E-state index contributed by atoms with van der Waals surface area (Å²) in [6.07, 6.45) is 26.3. The molecule has 0 radical (unpaired) electrons. The first-order chi connectivity index (χ1) is 48.2. The van der Waals surface area contributed by atoms with Gasteiger partial charge in [0.1, 0.15) is 47.2 Å². The first-order valence-corrected chi connectivity index (χ1v) is 36.5. The summed E-state index contributed by atoms with van der Waals surface area (Å²) < 4.78 is 35.8. The number of benzene rings is 3. The van der Waals surface area contributed by atoms with Gasteiger partial charge in [0.25, 0.3) is 29.5 Å². The van der Waals surface area contributed by atoms with Gasteiger partial charge >= 0.3 is 6.09 Å². The molecule has 0 saturated carbocycles. The third-order valence-corrected chi connectivity index (χ3v) is 15.6. The summed E-state index contributed by atoms with van der Waals surface area (Å²) in [6, 6.07) is 11.7. The highest BCUT2D eigenvalue weighted by Crippen LogP contribution is 2.33. The lowest BCUT2D eigenvalue weighted by Gasteiger charge is -2.20. The van der Waals surface area contributed by atoms with Gasteiger partial charge in [-0.1, -0.05) is 207 Å². The average Bonchev–Trinajstić information content (AvgIpc) is 0.818. The highest BCUT2D eigenvalue weighted by atomic mass is 16.6. The second kappa shape index (κ2) is 51.3. The molecule has 0 aliphatic heterocycles. The van der Waals surface area contributed by atoms with Gasteiger partial charge in [-0.05, 0) is 77.1 Å². The number of hydrogen-bond acceptors (Lipinski definition) is 16. The lowest BCUT2D eigenvalue weighted by Crippen LogP contribution is -2.47. The highest BCUT2D eigenvalue weighted by molar-refractivity contribution is 6.07. The maximum atomic E-state index is 14.2. The van der Waals surface area contributed by atoms with E-state index < -0.39 is 77.7 Å². The van der Waals surface area contributed by atoms with E-state index in [0.29, 0.717) is 38.0 Å². The lowest BCUT2D eigenvalue weighted by atomic mass is 10.1. The molecule has 0 aromatic heterocycles. The monoisotopic (exact) mass is 1400 g/mol. The van der Waals surface area contributed by atoms with Gasteiger partial charge < -0.3 is 28.4 Å². The number of amides is 10. The SMILES string of the molecule is CCCCCCCCOc1ccccc1C(=O)NNC(=O)CC(=O)NNC(=O)c1cc(C(=O)NNC(=O)CC(=O)NNC(=O)c2cc(C(=O)NNC(=O)OC(C)(C)C)c(OCCCCCCCC)cc2OCCCCCCCC)c(OCCCCCCCC)cc1OCCCCCCCC. The largest absolute Gasteiger partial charge is 0.493 e. The number of carbonyl (C=O) groups excluding carboxylic acids is 10. The Bertz CT molecular complexity index is 2990. The molecule has 558 valence electrons. The molecule has 0 aliphatic rings. The number of rotatable bonds is 49. The van der Waals surface area contributed by atoms with Gasteiger partial charge in [0, 0.05) is 12.1 Å². The summed E-state index contributed by atoms with van der Waals surface area (Å²) in [5, 5.41) is 0. The number of hydrazine groups is 5. The summed E-state index contributed by atoms with van der Waals surface area (Å²) in [7, 11) is 0. The van der Waals surface area contributed by atoms with Crippen molar-refractivity contribution in [1.29, 1.82) is 0 Å². The van der Waals surface area contributed by atoms with E-state index in [0.717, 1.165) is 167 Å². The molecule has 10 N–H and O–H groups in total. The second-order valence-electron chi connectivity index (χ2n) is 25.7. The zero-order valence-electron chi connectivity index (χ0n) is 60.8. The Morgan fingerprint density at radius 3 is 0.800 bits per heavy atom. The molecular weight excluding hydrogens is 1280 g/mol. The van der Waals surface area contributed by atoms with Crippen LogP contribution in [-0.2, 0) is 23.9 Å². The lowest BCUT2D eigenvalue weighted by molar-refractivity contribution is -0.131. The average molecular weight is 1400 g/mol. The molecule has 0 unspecified atom stereocenters. The number of hydrogen-bond donors (Lipinski definition) is 10. The first-order valence-electron chi connectivity index (χ1n) is 36.5. The van der Waals surface area contributed by atoms with Crippen molar-refractivity contribution in [2.24, 2.45) is 0 Å². The number of ether oxygens (including phenoxy) is 6. The van der Waals surface area contributed by atoms with Crippen LogP contribution in [0.15, 0.2) is 48.5 Å². The fourth-order valence-electron chi connectivity index (χ4n) is 10.1. The van der Waals surface area contributed by atoms with E-state index in [1.54, 1.807) is 39.0 Å². The molecule has 26 nitrogen and oxygen atoms in total. The normalized spacial score (nSPS) is 10.9. The molecule has 3 aromatic carbocycles. The van der Waals surface area contributed by atoms with Crippen LogP contribution in [0.1, 0.15) is 313 Å². The molecule has 0 aliphatic carbocycles. The molecule has 0 atom stereocenters. The van der Waals surface area contributed by atoms with Crippen LogP contribution in [0, 0.1) is 0 Å². The van der Waals surface area contributed by atoms with Crippen LogP contribution in [0.5, 0.6) is 28.7 Å². The standard InChI is InChI=1S/C74H116N10O16/c1-9-14-19-24-29-36-43-95-59-42-35-34-41-54(59)68(89)79-75-64(85)52-65(86)76-80-69(90)55-48-56(61(97-45-38-31-26-21-16-11-3)50-60(55)96-44-37-30-25-20-15-10-2)70(91)81-77-66(87)53-67(88)78-82-71(92)57-49-58(72(93)83-84-73(94)100-74(6,7)8)63(99-47-40-33-28-23-18-13-5)51-62(57)98-46-39-32-27-22-17-12-4/h34-35,41-42,48-51H,9-33,36-40,43-47,52-53H2,1-8H3,(H,75,85)(H,76,86)(H,77,87)(H,78,88)(H,79,89)(H,80,90)(H,81,91)(H,82,92)(H,83,93)(H,84,94). The van der Waals surface area contributed by atoms with Crippen LogP contribution in [0.25, 0.3) is 0 Å². The van der Waals surface area contributed by atoms with Crippen molar-refractivity contribution < 1.29 is 76.4 Å². The van der Waals surface area contributed by atoms with Crippen molar-refractivity contribution in [3.05, 3.63) is 76.3 Å². The molecule has 0 spiro atoms. The number of unbranched alkanes of at least 4 members (excludes halogenated alkanes) is 25. The number of nitrogens with one attached hydrogen (secondary N) is 10. The van der Waals surface area contributed by atoms with Gasteiger partial charge in [-0.25, -0.2) is 10.2 Å². The zero-order chi connectivity index (χ0) is 73.2. The van der Waals surface area contributed by atoms with E-state index in [1.165, 1.54) is 30.7 Å². The van der Waals surface area contributed by atoms with Crippen molar-refractivity contribution in [1.82, 2.24) is 54.3 Å². The van der Waals surface area contributed by atoms with Gasteiger partial charge in [-0.15, -0.1) is 0 Å². The van der Waals surface area contributed by atoms with Crippen LogP contribution >= 0.6 is 0 Å². The molecule has 3 rings (SSSR count). The smallest absolute Gasteiger partial charge is 0.426 e. The minimum absolute atomic E-state index is 0.00629. The van der Waals surface area contributed by atoms with E-state index in [1.807, 2.05) is 0 Å². The van der Waals surface area contributed by atoms with E-state index >= 15 is 0 Å². The molecule has 0 saturated heterocycles. The Morgan fingerprint density at radius 2 is 0.520 bits per heavy atom. The van der Waals surface area contributed by atoms with Crippen molar-refractivity contribution in [2.45, 2.75) is 266 Å². The first kappa shape index (κ1) is 85.4. The summed E-state index contributed by atoms with van der Waals surface area (Å²) in [5.41, 5.74) is 20.8. The van der Waals surface area contributed by atoms with Gasteiger partial charge in [0.05, 0.1) is 60.9 Å². The number of carbonyl (C=O) groups is 10. The Morgan fingerprint density at radius 1 is 0.280 bits per heavy atom. The van der Waals surface area contributed by atoms with E-state index in [2.05, 4.69) is 88.9 Å². The van der Waals surface area contributed by atoms with Crippen molar-refractivity contribution in [3.63, 3.8) is 0 Å². The van der Waals surface area contributed by atoms with Crippen LogP contribution in [0.2, 0.25) is 0 Å². The molecule has 3 aromatic rings. The molecule has 0 heterocycles. The third-order valence-electron chi connectivity index (χ3n) is 15.6. The summed E-state index contributed by atoms with van der Waals surface area (Å²) in [5.74, 6) is -8.00. The molecule has 0 bridgehead atoms. The molecular formula is C74H116N10O16. The van der Waals surface area contributed by atoms with Gasteiger partial charge in [-0.2, -0.15) is 0 Å². The Hall–Kier alpha value is -8.84. The van der Waals surface area contributed by atoms with E-state index in [9.17, 15) is 47.9 Å². The topological polar surface area (TPSA) is 346 Å². The minimum Gasteiger partial charge on any atom is -0.493 e. The third kappa shape index (κ3) is 36.8. The Labute approximate surface area is 592 Å². The van der Waals surface area contributed by atoms with Crippen molar-refractivity contribution >= 4 is 59.3 Å². The Kier molecular flexibility index (Phi) is 43.8. The maximum absolute atomic E-state index is 14.2. The molecule has 26 heteroatoms. The van der Waals surface area contributed by atoms with Crippen LogP contribution < -0.4 is 77.9 Å². The van der Waals surface area contributed by atoms with Crippen molar-refractivity contribution in [3.8, 4) is 28.7 Å². The second-order valence-corrected chi connectivity index (χ2v) is 25.7. The molecule has 100 heavy (non-hydrogen) atoms. The minimum atomic E-state index is -1.04. The zero-order valence-corrected chi connectivity index (χ0v) is 60.8. The number of para-hydroxylation sites is 1. The fraction of sp³-hybridized carbons (Fsp3) is 0.622. The fourth-order valence-corrected chi connectivity index (χ4v) is 10.1. The van der Waals surface area contributed by atoms with Gasteiger partial charge in [0.15, 0.2) is 0 Å². The van der Waals surface area contributed by atoms with E-state index in [4.69, 9.17) is 28.4 Å². The van der Waals surface area contributed by atoms with Gasteiger partial charge in [0.2, 0.25) is 23.6 Å². The molecule has 0 fully saturated rings. The predicted molar refractivity (Wildman–Crippen MR) is 382 cm³/mol. The van der Waals surface area contributed by atoms with Crippen LogP contribution in [0.3, 0.4) is 0 Å². The summed E-state index contributed by atoms with van der Waals surface area (Å²) in [4.78, 5) is 135. The predicted octanol–water partition coefficient (Wildman–Crippen LogP) is 12.8. The van der Waals surface area contributed by atoms with Crippen molar-refractivity contribution in [2.75, 3.05) is 33.0 Å². The summed E-state index contributed by atoms with van der Waals surface area (Å²) >= 11 is 0. The molecule has 10 amide bonds. The quantitative estimate of drug-likeness (QED) is 0.0143. The van der Waals surface area contributed by atoms with Gasteiger partial charge in [-0.3, -0.25) is 92.0 Å². The van der Waals surface area contributed by atoms with Crippen LogP contribution in [-0.4, -0.2) is 97.9 Å². The Balaban J connectivity index is 1.84. The maximum Gasteiger partial charge on any atom is 0.426 e. The highest BCUT2D eigenvalue weighted by Gasteiger charge is 2.27. The van der Waals surface area contributed by atoms with Crippen LogP contribution in [0.4, 0.5) is 4.79 Å². The summed E-state index contributed by atoms with van der Waals surface area (Å²) in [6.45, 7) is 16.8.